The van der Waals surface area contributed by atoms with Crippen LogP contribution in [0, 0.1) is 5.92 Å². The van der Waals surface area contributed by atoms with Gasteiger partial charge in [0, 0.05) is 11.9 Å². The van der Waals surface area contributed by atoms with Gasteiger partial charge in [-0.25, -0.2) is 9.97 Å². The molecule has 82 valence electrons. The summed E-state index contributed by atoms with van der Waals surface area (Å²) in [5.74, 6) is 1.92. The predicted molar refractivity (Wildman–Crippen MR) is 65.4 cm³/mol. The van der Waals surface area contributed by atoms with Gasteiger partial charge >= 0.3 is 0 Å². The number of para-hydroxylation sites is 1. The molecule has 3 nitrogen and oxygen atoms in total. The van der Waals surface area contributed by atoms with Crippen LogP contribution in [-0.4, -0.2) is 16.5 Å². The second kappa shape index (κ2) is 4.08. The summed E-state index contributed by atoms with van der Waals surface area (Å²) in [6, 6.07) is 8.11. The highest BCUT2D eigenvalue weighted by Gasteiger charge is 2.20. The van der Waals surface area contributed by atoms with Crippen LogP contribution in [0.2, 0.25) is 0 Å². The fourth-order valence-electron chi connectivity index (χ4n) is 1.95. The third-order valence-corrected chi connectivity index (χ3v) is 3.08. The zero-order valence-corrected chi connectivity index (χ0v) is 9.19. The molecule has 2 aromatic rings. The minimum absolute atomic E-state index is 0.959. The molecule has 0 amide bonds. The molecule has 1 aliphatic rings. The number of nitrogens with one attached hydrogen (secondary N) is 1. The lowest BCUT2D eigenvalue weighted by atomic mass is 10.2. The number of nitrogens with zero attached hydrogens (tertiary/aromatic N) is 2. The smallest absolute Gasteiger partial charge is 0.137 e. The minimum atomic E-state index is 0.959. The van der Waals surface area contributed by atoms with Gasteiger partial charge in [0.1, 0.15) is 12.1 Å². The summed E-state index contributed by atoms with van der Waals surface area (Å²) in [5.41, 5.74) is 1.01. The van der Waals surface area contributed by atoms with Crippen LogP contribution in [0.5, 0.6) is 0 Å². The molecular formula is C13H15N3. The fourth-order valence-corrected chi connectivity index (χ4v) is 1.95. The molecule has 1 N–H and O–H groups in total. The van der Waals surface area contributed by atoms with Crippen LogP contribution >= 0.6 is 0 Å². The first-order chi connectivity index (χ1) is 7.93. The number of rotatable bonds is 4. The second-order valence-electron chi connectivity index (χ2n) is 4.40. The van der Waals surface area contributed by atoms with E-state index in [2.05, 4.69) is 21.4 Å². The molecule has 16 heavy (non-hydrogen) atoms. The van der Waals surface area contributed by atoms with E-state index in [0.29, 0.717) is 0 Å². The average molecular weight is 213 g/mol. The van der Waals surface area contributed by atoms with E-state index < -0.39 is 0 Å². The molecule has 1 aliphatic carbocycles. The molecule has 0 saturated heterocycles. The van der Waals surface area contributed by atoms with Gasteiger partial charge in [-0.1, -0.05) is 25.0 Å². The Hall–Kier alpha value is -1.64. The maximum absolute atomic E-state index is 4.30. The Morgan fingerprint density at radius 2 is 2.06 bits per heavy atom. The Labute approximate surface area is 94.9 Å². The zero-order valence-electron chi connectivity index (χ0n) is 9.19. The monoisotopic (exact) mass is 213 g/mol. The highest BCUT2D eigenvalue weighted by atomic mass is 15.0. The summed E-state index contributed by atoms with van der Waals surface area (Å²) in [6.07, 6.45) is 5.71. The summed E-state index contributed by atoms with van der Waals surface area (Å²) in [7, 11) is 0. The Balaban J connectivity index is 1.79. The van der Waals surface area contributed by atoms with Crippen molar-refractivity contribution >= 4 is 16.7 Å². The molecule has 3 heteroatoms. The molecular weight excluding hydrogens is 198 g/mol. The molecule has 0 bridgehead atoms. The largest absolute Gasteiger partial charge is 0.369 e. The topological polar surface area (TPSA) is 37.8 Å². The quantitative estimate of drug-likeness (QED) is 0.848. The first-order valence-corrected chi connectivity index (χ1v) is 5.87. The highest BCUT2D eigenvalue weighted by Crippen LogP contribution is 2.32. The molecule has 0 unspecified atom stereocenters. The maximum atomic E-state index is 4.30. The van der Waals surface area contributed by atoms with Gasteiger partial charge in [0.25, 0.3) is 0 Å². The second-order valence-corrected chi connectivity index (χ2v) is 4.40. The van der Waals surface area contributed by atoms with Crippen molar-refractivity contribution in [2.45, 2.75) is 19.3 Å². The fraction of sp³-hybridized carbons (Fsp3) is 0.385. The first kappa shape index (κ1) is 9.58. The Morgan fingerprint density at radius 1 is 1.19 bits per heavy atom. The molecule has 1 aromatic carbocycles. The van der Waals surface area contributed by atoms with Crippen LogP contribution in [0.25, 0.3) is 10.9 Å². The Bertz CT molecular complexity index is 486. The van der Waals surface area contributed by atoms with Gasteiger partial charge < -0.3 is 5.32 Å². The van der Waals surface area contributed by atoms with Gasteiger partial charge in [-0.2, -0.15) is 0 Å². The van der Waals surface area contributed by atoms with Crippen LogP contribution in [0.3, 0.4) is 0 Å². The molecule has 3 rings (SSSR count). The van der Waals surface area contributed by atoms with Crippen LogP contribution in [0.15, 0.2) is 30.6 Å². The van der Waals surface area contributed by atoms with Gasteiger partial charge in [0.15, 0.2) is 0 Å². The summed E-state index contributed by atoms with van der Waals surface area (Å²) in [4.78, 5) is 8.55. The van der Waals surface area contributed by atoms with Crippen LogP contribution in [0.1, 0.15) is 19.3 Å². The molecule has 0 atom stereocenters. The number of benzene rings is 1. The van der Waals surface area contributed by atoms with Crippen molar-refractivity contribution in [2.75, 3.05) is 11.9 Å². The zero-order chi connectivity index (χ0) is 10.8. The van der Waals surface area contributed by atoms with E-state index in [9.17, 15) is 0 Å². The van der Waals surface area contributed by atoms with Crippen LogP contribution < -0.4 is 5.32 Å². The summed E-state index contributed by atoms with van der Waals surface area (Å²) >= 11 is 0. The van der Waals surface area contributed by atoms with Crippen molar-refractivity contribution in [1.82, 2.24) is 9.97 Å². The van der Waals surface area contributed by atoms with E-state index in [1.54, 1.807) is 6.33 Å². The minimum Gasteiger partial charge on any atom is -0.369 e. The Kier molecular flexibility index (Phi) is 2.44. The molecule has 0 aliphatic heterocycles. The molecule has 0 radical (unpaired) electrons. The van der Waals surface area contributed by atoms with Crippen LogP contribution in [0.4, 0.5) is 5.82 Å². The number of aromatic nitrogens is 2. The van der Waals surface area contributed by atoms with Gasteiger partial charge in [0.05, 0.1) is 5.52 Å². The van der Waals surface area contributed by atoms with Crippen molar-refractivity contribution < 1.29 is 0 Å². The molecule has 1 saturated carbocycles. The third-order valence-electron chi connectivity index (χ3n) is 3.08. The van der Waals surface area contributed by atoms with Crippen molar-refractivity contribution in [1.29, 1.82) is 0 Å². The Morgan fingerprint density at radius 3 is 2.94 bits per heavy atom. The molecule has 1 aromatic heterocycles. The SMILES string of the molecule is c1ccc2c(NCCC3CC3)ncnc2c1. The van der Waals surface area contributed by atoms with Gasteiger partial charge in [-0.15, -0.1) is 0 Å². The van der Waals surface area contributed by atoms with Crippen molar-refractivity contribution in [2.24, 2.45) is 5.92 Å². The molecule has 0 spiro atoms. The van der Waals surface area contributed by atoms with Crippen molar-refractivity contribution in [3.8, 4) is 0 Å². The summed E-state index contributed by atoms with van der Waals surface area (Å²) < 4.78 is 0. The third kappa shape index (κ3) is 1.98. The lowest BCUT2D eigenvalue weighted by Gasteiger charge is -2.07. The lowest BCUT2D eigenvalue weighted by Crippen LogP contribution is -2.04. The molecule has 1 fully saturated rings. The van der Waals surface area contributed by atoms with E-state index >= 15 is 0 Å². The number of anilines is 1. The van der Waals surface area contributed by atoms with E-state index in [-0.39, 0.29) is 0 Å². The van der Waals surface area contributed by atoms with Crippen molar-refractivity contribution in [3.63, 3.8) is 0 Å². The predicted octanol–water partition coefficient (Wildman–Crippen LogP) is 2.84. The lowest BCUT2D eigenvalue weighted by molar-refractivity contribution is 0.759. The highest BCUT2D eigenvalue weighted by molar-refractivity contribution is 5.88. The number of fused-ring (bicyclic) bond motifs is 1. The van der Waals surface area contributed by atoms with E-state index in [1.165, 1.54) is 19.3 Å². The summed E-state index contributed by atoms with van der Waals surface area (Å²) in [6.45, 7) is 1.02. The number of hydrogen-bond donors (Lipinski definition) is 1. The normalized spacial score (nSPS) is 15.2. The van der Waals surface area contributed by atoms with E-state index in [4.69, 9.17) is 0 Å². The van der Waals surface area contributed by atoms with E-state index in [0.717, 1.165) is 29.2 Å². The van der Waals surface area contributed by atoms with Gasteiger partial charge in [-0.3, -0.25) is 0 Å². The standard InChI is InChI=1S/C13H15N3/c1-2-4-12-11(3-1)13(16-9-15-12)14-8-7-10-5-6-10/h1-4,9-10H,5-8H2,(H,14,15,16). The van der Waals surface area contributed by atoms with Gasteiger partial charge in [-0.05, 0) is 24.5 Å². The maximum Gasteiger partial charge on any atom is 0.137 e. The number of hydrogen-bond acceptors (Lipinski definition) is 3. The first-order valence-electron chi connectivity index (χ1n) is 5.87. The van der Waals surface area contributed by atoms with E-state index in [1.807, 2.05) is 18.2 Å². The summed E-state index contributed by atoms with van der Waals surface area (Å²) in [5, 5.41) is 4.52. The van der Waals surface area contributed by atoms with Crippen LogP contribution in [-0.2, 0) is 0 Å². The average Bonchev–Trinajstić information content (AvgIpc) is 3.13. The molecule has 1 heterocycles. The van der Waals surface area contributed by atoms with Crippen molar-refractivity contribution in [3.05, 3.63) is 30.6 Å². The van der Waals surface area contributed by atoms with Gasteiger partial charge in [0.2, 0.25) is 0 Å².